The lowest BCUT2D eigenvalue weighted by Crippen LogP contribution is -2.57. The molecule has 0 radical (unpaired) electrons. The lowest BCUT2D eigenvalue weighted by atomic mass is 9.88. The highest BCUT2D eigenvalue weighted by molar-refractivity contribution is 7.90. The van der Waals surface area contributed by atoms with Gasteiger partial charge in [0.2, 0.25) is 0 Å². The fourth-order valence-electron chi connectivity index (χ4n) is 5.69. The second kappa shape index (κ2) is 11.2. The first-order valence-electron chi connectivity index (χ1n) is 14.2. The molecule has 216 valence electrons. The van der Waals surface area contributed by atoms with Crippen molar-refractivity contribution in [2.75, 3.05) is 28.8 Å². The van der Waals surface area contributed by atoms with E-state index >= 15 is 0 Å². The van der Waals surface area contributed by atoms with E-state index in [0.717, 1.165) is 28.6 Å². The summed E-state index contributed by atoms with van der Waals surface area (Å²) in [5, 5.41) is 10.0. The van der Waals surface area contributed by atoms with Gasteiger partial charge in [0.15, 0.2) is 5.82 Å². The summed E-state index contributed by atoms with van der Waals surface area (Å²) in [4.78, 5) is 16.2. The van der Waals surface area contributed by atoms with E-state index in [1.54, 1.807) is 12.4 Å². The van der Waals surface area contributed by atoms with Gasteiger partial charge in [-0.1, -0.05) is 50.2 Å². The second-order valence-corrected chi connectivity index (χ2v) is 13.7. The standard InChI is InChI=1S/C32H35N7O2S/c1-21(2)26-10-11-29(39-19-25(22(39)3)20-42(4,40)41)28-16-34-31(14-27(26)28)36-30-12-13-33-32(37-30)24-15-35-38(18-24)17-23-8-6-5-7-9-23/h5-16,18,21-22,25H,17,19-20H2,1-4H3,(H,33,34,36,37)/t22-,25-/m1/s1. The molecule has 1 saturated heterocycles. The lowest BCUT2D eigenvalue weighted by Gasteiger charge is -2.48. The van der Waals surface area contributed by atoms with Crippen molar-refractivity contribution in [3.05, 3.63) is 90.5 Å². The van der Waals surface area contributed by atoms with Crippen molar-refractivity contribution < 1.29 is 8.42 Å². The summed E-state index contributed by atoms with van der Waals surface area (Å²) in [6.45, 7) is 7.86. The van der Waals surface area contributed by atoms with Crippen molar-refractivity contribution >= 4 is 37.9 Å². The van der Waals surface area contributed by atoms with Gasteiger partial charge in [-0.2, -0.15) is 5.10 Å². The van der Waals surface area contributed by atoms with Gasteiger partial charge in [-0.15, -0.1) is 0 Å². The SMILES string of the molecule is CC(C)c1ccc(N2C[C@H](CS(C)(=O)=O)[C@H]2C)c2cnc(Nc3ccnc(-c4cnn(Cc5ccccc5)c4)n3)cc12. The molecule has 5 aromatic rings. The Hall–Kier alpha value is -4.31. The summed E-state index contributed by atoms with van der Waals surface area (Å²) in [6, 6.07) is 18.6. The molecular formula is C32H35N7O2S. The predicted octanol–water partition coefficient (Wildman–Crippen LogP) is 5.67. The fraction of sp³-hybridized carbons (Fsp3) is 0.312. The quantitative estimate of drug-likeness (QED) is 0.237. The summed E-state index contributed by atoms with van der Waals surface area (Å²) >= 11 is 0. The van der Waals surface area contributed by atoms with E-state index in [0.29, 0.717) is 29.9 Å². The maximum Gasteiger partial charge on any atom is 0.164 e. The molecule has 0 amide bonds. The van der Waals surface area contributed by atoms with Crippen LogP contribution in [0.1, 0.15) is 37.8 Å². The van der Waals surface area contributed by atoms with Crippen molar-refractivity contribution in [2.45, 2.75) is 39.3 Å². The van der Waals surface area contributed by atoms with Gasteiger partial charge in [0.25, 0.3) is 0 Å². The minimum Gasteiger partial charge on any atom is -0.368 e. The molecule has 3 aromatic heterocycles. The van der Waals surface area contributed by atoms with Crippen molar-refractivity contribution in [2.24, 2.45) is 5.92 Å². The molecule has 0 aliphatic carbocycles. The molecule has 0 bridgehead atoms. The van der Waals surface area contributed by atoms with Gasteiger partial charge in [0.1, 0.15) is 21.5 Å². The Labute approximate surface area is 246 Å². The van der Waals surface area contributed by atoms with E-state index in [2.05, 4.69) is 71.4 Å². The number of hydrogen-bond acceptors (Lipinski definition) is 8. The van der Waals surface area contributed by atoms with Crippen LogP contribution in [0.3, 0.4) is 0 Å². The molecule has 1 aliphatic rings. The van der Waals surface area contributed by atoms with Crippen molar-refractivity contribution in [1.82, 2.24) is 24.7 Å². The zero-order chi connectivity index (χ0) is 29.4. The first-order valence-corrected chi connectivity index (χ1v) is 16.2. The molecule has 1 N–H and O–H groups in total. The van der Waals surface area contributed by atoms with Gasteiger partial charge in [0, 0.05) is 54.4 Å². The normalized spacial score (nSPS) is 17.0. The number of hydrogen-bond donors (Lipinski definition) is 1. The van der Waals surface area contributed by atoms with Crippen LogP contribution in [0, 0.1) is 5.92 Å². The number of fused-ring (bicyclic) bond motifs is 1. The Morgan fingerprint density at radius 1 is 1.00 bits per heavy atom. The zero-order valence-electron chi connectivity index (χ0n) is 24.3. The van der Waals surface area contributed by atoms with Crippen molar-refractivity contribution in [3.8, 4) is 11.4 Å². The molecule has 6 rings (SSSR count). The number of rotatable bonds is 9. The number of nitrogens with one attached hydrogen (secondary N) is 1. The van der Waals surface area contributed by atoms with E-state index in [9.17, 15) is 8.42 Å². The summed E-state index contributed by atoms with van der Waals surface area (Å²) < 4.78 is 25.6. The van der Waals surface area contributed by atoms with E-state index < -0.39 is 9.84 Å². The smallest absolute Gasteiger partial charge is 0.164 e. The molecule has 1 fully saturated rings. The summed E-state index contributed by atoms with van der Waals surface area (Å²) in [7, 11) is -3.01. The summed E-state index contributed by atoms with van der Waals surface area (Å²) in [5.41, 5.74) is 4.33. The van der Waals surface area contributed by atoms with Gasteiger partial charge in [-0.05, 0) is 47.6 Å². The summed E-state index contributed by atoms with van der Waals surface area (Å²) in [6.07, 6.45) is 8.69. The third-order valence-corrected chi connectivity index (χ3v) is 8.99. The monoisotopic (exact) mass is 581 g/mol. The molecule has 1 aliphatic heterocycles. The van der Waals surface area contributed by atoms with Gasteiger partial charge >= 0.3 is 0 Å². The molecule has 2 aromatic carbocycles. The highest BCUT2D eigenvalue weighted by Crippen LogP contribution is 2.39. The molecule has 0 spiro atoms. The Kier molecular flexibility index (Phi) is 7.40. The molecule has 9 nitrogen and oxygen atoms in total. The van der Waals surface area contributed by atoms with E-state index in [-0.39, 0.29) is 17.7 Å². The van der Waals surface area contributed by atoms with Crippen LogP contribution in [0.2, 0.25) is 0 Å². The third kappa shape index (κ3) is 5.85. The van der Waals surface area contributed by atoms with E-state index in [1.807, 2.05) is 41.3 Å². The zero-order valence-corrected chi connectivity index (χ0v) is 25.1. The number of pyridine rings is 1. The van der Waals surface area contributed by atoms with Gasteiger partial charge in [0.05, 0.1) is 24.1 Å². The molecular weight excluding hydrogens is 546 g/mol. The van der Waals surface area contributed by atoms with Gasteiger partial charge in [-0.3, -0.25) is 4.68 Å². The second-order valence-electron chi connectivity index (χ2n) is 11.5. The van der Waals surface area contributed by atoms with Crippen LogP contribution in [0.25, 0.3) is 22.2 Å². The molecule has 4 heterocycles. The fourth-order valence-corrected chi connectivity index (χ4v) is 6.85. The number of aromatic nitrogens is 5. The number of anilines is 3. The minimum atomic E-state index is -3.01. The van der Waals surface area contributed by atoms with Gasteiger partial charge in [-0.25, -0.2) is 23.4 Å². The minimum absolute atomic E-state index is 0.131. The van der Waals surface area contributed by atoms with Crippen LogP contribution >= 0.6 is 0 Å². The molecule has 0 unspecified atom stereocenters. The maximum atomic E-state index is 11.9. The summed E-state index contributed by atoms with van der Waals surface area (Å²) in [5.74, 6) is 2.59. The number of sulfone groups is 1. The molecule has 0 saturated carbocycles. The first-order chi connectivity index (χ1) is 20.1. The lowest BCUT2D eigenvalue weighted by molar-refractivity contribution is 0.342. The largest absolute Gasteiger partial charge is 0.368 e. The van der Waals surface area contributed by atoms with Gasteiger partial charge < -0.3 is 10.2 Å². The highest BCUT2D eigenvalue weighted by Gasteiger charge is 2.38. The number of benzene rings is 2. The van der Waals surface area contributed by atoms with Crippen LogP contribution < -0.4 is 10.2 Å². The number of nitrogens with zero attached hydrogens (tertiary/aromatic N) is 6. The maximum absolute atomic E-state index is 11.9. The van der Waals surface area contributed by atoms with Crippen LogP contribution in [-0.4, -0.2) is 57.7 Å². The topological polar surface area (TPSA) is 106 Å². The Morgan fingerprint density at radius 3 is 2.55 bits per heavy atom. The Bertz CT molecular complexity index is 1840. The van der Waals surface area contributed by atoms with Crippen molar-refractivity contribution in [3.63, 3.8) is 0 Å². The van der Waals surface area contributed by atoms with E-state index in [4.69, 9.17) is 9.97 Å². The molecule has 10 heteroatoms. The average Bonchev–Trinajstić information content (AvgIpc) is 3.43. The first kappa shape index (κ1) is 27.8. The van der Waals surface area contributed by atoms with Crippen LogP contribution in [0.15, 0.2) is 79.4 Å². The Morgan fingerprint density at radius 2 is 1.81 bits per heavy atom. The van der Waals surface area contributed by atoms with E-state index in [1.165, 1.54) is 17.4 Å². The highest BCUT2D eigenvalue weighted by atomic mass is 32.2. The molecule has 2 atom stereocenters. The van der Waals surface area contributed by atoms with Crippen LogP contribution in [0.4, 0.5) is 17.3 Å². The predicted molar refractivity (Wildman–Crippen MR) is 168 cm³/mol. The van der Waals surface area contributed by atoms with Crippen LogP contribution in [0.5, 0.6) is 0 Å². The third-order valence-electron chi connectivity index (χ3n) is 7.96. The average molecular weight is 582 g/mol. The Balaban J connectivity index is 1.25. The van der Waals surface area contributed by atoms with Crippen molar-refractivity contribution in [1.29, 1.82) is 0 Å². The molecule has 42 heavy (non-hydrogen) atoms. The van der Waals surface area contributed by atoms with Crippen LogP contribution in [-0.2, 0) is 16.4 Å².